The Hall–Kier alpha value is -3.69. The average Bonchev–Trinajstić information content (AvgIpc) is 3.27. The van der Waals surface area contributed by atoms with Gasteiger partial charge >= 0.3 is 5.97 Å². The fourth-order valence-electron chi connectivity index (χ4n) is 4.64. The number of esters is 1. The Labute approximate surface area is 244 Å². The van der Waals surface area contributed by atoms with Crippen molar-refractivity contribution in [2.45, 2.75) is 59.1 Å². The van der Waals surface area contributed by atoms with E-state index in [4.69, 9.17) is 19.5 Å². The number of rotatable bonds is 14. The first kappa shape index (κ1) is 31.8. The van der Waals surface area contributed by atoms with Gasteiger partial charge in [0.1, 0.15) is 27.5 Å². The summed E-state index contributed by atoms with van der Waals surface area (Å²) >= 11 is 1.16. The number of fused-ring (bicyclic) bond motifs is 1. The highest BCUT2D eigenvalue weighted by Crippen LogP contribution is 2.41. The molecule has 1 unspecified atom stereocenters. The summed E-state index contributed by atoms with van der Waals surface area (Å²) in [6.07, 6.45) is 0.114. The summed E-state index contributed by atoms with van der Waals surface area (Å²) in [5.74, 6) is -0.897. The van der Waals surface area contributed by atoms with Crippen LogP contribution in [0.2, 0.25) is 0 Å². The maximum Gasteiger partial charge on any atom is 0.348 e. The molecule has 1 aromatic carbocycles. The van der Waals surface area contributed by atoms with E-state index in [1.54, 1.807) is 18.7 Å². The zero-order valence-corrected chi connectivity index (χ0v) is 24.9. The van der Waals surface area contributed by atoms with Crippen molar-refractivity contribution in [1.29, 1.82) is 5.26 Å². The van der Waals surface area contributed by atoms with E-state index in [-0.39, 0.29) is 57.1 Å². The molecule has 3 rings (SSSR count). The Balaban J connectivity index is 1.98. The van der Waals surface area contributed by atoms with Gasteiger partial charge in [0, 0.05) is 24.6 Å². The van der Waals surface area contributed by atoms with E-state index in [0.29, 0.717) is 45.3 Å². The van der Waals surface area contributed by atoms with E-state index in [0.717, 1.165) is 11.3 Å². The van der Waals surface area contributed by atoms with Crippen molar-refractivity contribution in [2.24, 2.45) is 0 Å². The standard InChI is InChI=1S/C29H37FN4O6S/c1-6-39-29(37)26-19(4)25-27(36)33(13-7-9-24(35)32-18(2)3)17-34(28(25)41-26)16-23(40-14-8-12-31)21-15-20(30)10-11-22(21)38-5/h10-11,15,18,23H,6-9,13-14,16-17H2,1-5H3,(H,32,35). The second-order valence-electron chi connectivity index (χ2n) is 9.87. The number of methoxy groups -OCH3 is 1. The van der Waals surface area contributed by atoms with Gasteiger partial charge in [0.25, 0.3) is 5.91 Å². The number of hydrogen-bond acceptors (Lipinski definition) is 9. The van der Waals surface area contributed by atoms with E-state index < -0.39 is 17.9 Å². The number of nitriles is 1. The van der Waals surface area contributed by atoms with Crippen LogP contribution in [-0.4, -0.2) is 68.8 Å². The monoisotopic (exact) mass is 588 g/mol. The number of ether oxygens (including phenoxy) is 3. The minimum atomic E-state index is -0.720. The molecule has 12 heteroatoms. The average molecular weight is 589 g/mol. The fourth-order valence-corrected chi connectivity index (χ4v) is 5.83. The Bertz CT molecular complexity index is 1290. The number of nitrogens with zero attached hydrogens (tertiary/aromatic N) is 3. The van der Waals surface area contributed by atoms with E-state index in [1.807, 2.05) is 24.8 Å². The number of anilines is 1. The van der Waals surface area contributed by atoms with Gasteiger partial charge in [-0.05, 0) is 57.9 Å². The van der Waals surface area contributed by atoms with Crippen LogP contribution in [0.1, 0.15) is 77.3 Å². The number of thiophene rings is 1. The quantitative estimate of drug-likeness (QED) is 0.252. The number of carbonyl (C=O) groups is 3. The first-order valence-electron chi connectivity index (χ1n) is 13.6. The SMILES string of the molecule is CCOC(=O)c1sc2c(c1C)C(=O)N(CCCC(=O)NC(C)C)CN2CC(OCCC#N)c1cc(F)ccc1OC. The van der Waals surface area contributed by atoms with Crippen molar-refractivity contribution in [1.82, 2.24) is 10.2 Å². The van der Waals surface area contributed by atoms with Gasteiger partial charge in [0.15, 0.2) is 0 Å². The second kappa shape index (κ2) is 14.8. The van der Waals surface area contributed by atoms with Crippen LogP contribution in [0.3, 0.4) is 0 Å². The Morgan fingerprint density at radius 2 is 2.02 bits per heavy atom. The molecule has 2 aromatic rings. The Morgan fingerprint density at radius 1 is 1.27 bits per heavy atom. The van der Waals surface area contributed by atoms with Crippen LogP contribution in [0, 0.1) is 24.1 Å². The number of hydrogen-bond donors (Lipinski definition) is 1. The molecule has 1 aliphatic rings. The molecule has 222 valence electrons. The van der Waals surface area contributed by atoms with Gasteiger partial charge in [-0.3, -0.25) is 9.59 Å². The predicted octanol–water partition coefficient (Wildman–Crippen LogP) is 4.58. The lowest BCUT2D eigenvalue weighted by Gasteiger charge is -2.38. The van der Waals surface area contributed by atoms with E-state index in [2.05, 4.69) is 5.32 Å². The molecule has 41 heavy (non-hydrogen) atoms. The normalized spacial score (nSPS) is 13.6. The van der Waals surface area contributed by atoms with Crippen molar-refractivity contribution < 1.29 is 33.0 Å². The van der Waals surface area contributed by atoms with Crippen LogP contribution in [0.15, 0.2) is 18.2 Å². The smallest absolute Gasteiger partial charge is 0.348 e. The number of nitrogens with one attached hydrogen (secondary N) is 1. The third-order valence-corrected chi connectivity index (χ3v) is 7.79. The van der Waals surface area contributed by atoms with Crippen molar-refractivity contribution in [3.63, 3.8) is 0 Å². The van der Waals surface area contributed by atoms with Crippen molar-refractivity contribution in [3.8, 4) is 11.8 Å². The molecule has 0 radical (unpaired) electrons. The Morgan fingerprint density at radius 3 is 2.68 bits per heavy atom. The lowest BCUT2D eigenvalue weighted by atomic mass is 10.0. The molecular weight excluding hydrogens is 551 g/mol. The largest absolute Gasteiger partial charge is 0.496 e. The minimum Gasteiger partial charge on any atom is -0.496 e. The van der Waals surface area contributed by atoms with Gasteiger partial charge < -0.3 is 29.3 Å². The number of carbonyl (C=O) groups excluding carboxylic acids is 3. The molecule has 2 heterocycles. The maximum atomic E-state index is 14.4. The number of amides is 2. The molecular formula is C29H37FN4O6S. The summed E-state index contributed by atoms with van der Waals surface area (Å²) in [7, 11) is 1.48. The second-order valence-corrected chi connectivity index (χ2v) is 10.9. The van der Waals surface area contributed by atoms with Gasteiger partial charge in [-0.15, -0.1) is 11.3 Å². The molecule has 1 aromatic heterocycles. The van der Waals surface area contributed by atoms with Gasteiger partial charge in [-0.1, -0.05) is 0 Å². The van der Waals surface area contributed by atoms with Crippen LogP contribution in [0.25, 0.3) is 0 Å². The minimum absolute atomic E-state index is 0.0182. The highest BCUT2D eigenvalue weighted by molar-refractivity contribution is 7.18. The molecule has 0 bridgehead atoms. The van der Waals surface area contributed by atoms with E-state index in [9.17, 15) is 18.8 Å². The third-order valence-electron chi connectivity index (χ3n) is 6.46. The first-order valence-corrected chi connectivity index (χ1v) is 14.4. The zero-order chi connectivity index (χ0) is 30.1. The molecule has 1 atom stereocenters. The Kier molecular flexibility index (Phi) is 11.5. The lowest BCUT2D eigenvalue weighted by molar-refractivity contribution is -0.121. The third kappa shape index (κ3) is 7.95. The fraction of sp³-hybridized carbons (Fsp3) is 0.517. The summed E-state index contributed by atoms with van der Waals surface area (Å²) in [6.45, 7) is 8.15. The van der Waals surface area contributed by atoms with Crippen molar-refractivity contribution >= 4 is 34.1 Å². The van der Waals surface area contributed by atoms with E-state index in [1.165, 1.54) is 25.3 Å². The van der Waals surface area contributed by atoms with Gasteiger partial charge in [-0.2, -0.15) is 5.26 Å². The van der Waals surface area contributed by atoms with Crippen LogP contribution in [0.5, 0.6) is 5.75 Å². The van der Waals surface area contributed by atoms with Crippen LogP contribution in [0.4, 0.5) is 9.39 Å². The summed E-state index contributed by atoms with van der Waals surface area (Å²) in [6, 6.07) is 6.20. The molecule has 1 N–H and O–H groups in total. The summed E-state index contributed by atoms with van der Waals surface area (Å²) in [5.41, 5.74) is 1.36. The topological polar surface area (TPSA) is 121 Å². The van der Waals surface area contributed by atoms with Gasteiger partial charge in [0.05, 0.1) is 51.6 Å². The maximum absolute atomic E-state index is 14.4. The first-order chi connectivity index (χ1) is 19.6. The highest BCUT2D eigenvalue weighted by atomic mass is 32.1. The van der Waals surface area contributed by atoms with Crippen molar-refractivity contribution in [2.75, 3.05) is 45.0 Å². The van der Waals surface area contributed by atoms with E-state index >= 15 is 0 Å². The summed E-state index contributed by atoms with van der Waals surface area (Å²) < 4.78 is 31.1. The van der Waals surface area contributed by atoms with Gasteiger partial charge in [-0.25, -0.2) is 9.18 Å². The van der Waals surface area contributed by atoms with Crippen LogP contribution >= 0.6 is 11.3 Å². The molecule has 0 saturated carbocycles. The van der Waals surface area contributed by atoms with Crippen LogP contribution in [-0.2, 0) is 14.3 Å². The number of halogens is 1. The summed E-state index contributed by atoms with van der Waals surface area (Å²) in [4.78, 5) is 42.5. The zero-order valence-electron chi connectivity index (χ0n) is 24.1. The lowest BCUT2D eigenvalue weighted by Crippen LogP contribution is -2.48. The summed E-state index contributed by atoms with van der Waals surface area (Å²) in [5, 5.41) is 12.5. The molecule has 10 nitrogen and oxygen atoms in total. The molecule has 0 fully saturated rings. The highest BCUT2D eigenvalue weighted by Gasteiger charge is 2.37. The molecule has 0 spiro atoms. The van der Waals surface area contributed by atoms with Gasteiger partial charge in [0.2, 0.25) is 5.91 Å². The molecule has 2 amide bonds. The predicted molar refractivity (Wildman–Crippen MR) is 153 cm³/mol. The molecule has 0 saturated heterocycles. The van der Waals surface area contributed by atoms with Crippen molar-refractivity contribution in [3.05, 3.63) is 45.6 Å². The molecule has 0 aliphatic carbocycles. The molecule has 1 aliphatic heterocycles. The number of benzene rings is 1. The van der Waals surface area contributed by atoms with Crippen LogP contribution < -0.4 is 15.0 Å².